The Hall–Kier alpha value is -2.20. The average molecular weight is 502 g/mol. The summed E-state index contributed by atoms with van der Waals surface area (Å²) in [5.74, 6) is -0.355. The number of anilines is 1. The van der Waals surface area contributed by atoms with Gasteiger partial charge in [0.2, 0.25) is 5.91 Å². The van der Waals surface area contributed by atoms with Crippen LogP contribution in [0.2, 0.25) is 0 Å². The molecule has 2 heterocycles. The summed E-state index contributed by atoms with van der Waals surface area (Å²) in [6.07, 6.45) is 2.31. The highest BCUT2D eigenvalue weighted by Crippen LogP contribution is 2.28. The molecule has 2 aromatic rings. The number of nitrogens with one attached hydrogen (secondary N) is 2. The molecule has 1 saturated heterocycles. The van der Waals surface area contributed by atoms with E-state index >= 15 is 0 Å². The second-order valence-corrected chi connectivity index (χ2v) is 8.60. The van der Waals surface area contributed by atoms with Crippen molar-refractivity contribution in [2.75, 3.05) is 18.0 Å². The van der Waals surface area contributed by atoms with E-state index in [-0.39, 0.29) is 24.6 Å². The fraction of sp³-hybridized carbons (Fsp3) is 0.235. The zero-order valence-corrected chi connectivity index (χ0v) is 17.3. The number of ether oxygens (including phenoxy) is 1. The number of carbonyl (C=O) groups excluding carboxylic acids is 2. The zero-order chi connectivity index (χ0) is 19.6. The smallest absolute Gasteiger partial charge is 0.414 e. The van der Waals surface area contributed by atoms with E-state index in [0.29, 0.717) is 20.6 Å². The fourth-order valence-corrected chi connectivity index (χ4v) is 3.09. The lowest BCUT2D eigenvalue weighted by molar-refractivity contribution is -0.119. The van der Waals surface area contributed by atoms with Crippen molar-refractivity contribution in [3.05, 3.63) is 39.3 Å². The van der Waals surface area contributed by atoms with Crippen molar-refractivity contribution in [1.82, 2.24) is 15.3 Å². The third kappa shape index (κ3) is 4.75. The molecule has 2 amide bonds. The van der Waals surface area contributed by atoms with E-state index in [4.69, 9.17) is 4.74 Å². The van der Waals surface area contributed by atoms with Crippen LogP contribution in [-0.4, -0.2) is 41.2 Å². The molecule has 142 valence electrons. The van der Waals surface area contributed by atoms with Crippen LogP contribution in [0.5, 0.6) is 0 Å². The Morgan fingerprint density at radius 2 is 2.30 bits per heavy atom. The first-order valence-electron chi connectivity index (χ1n) is 7.94. The molecule has 7 nitrogen and oxygen atoms in total. The quantitative estimate of drug-likeness (QED) is 0.652. The Morgan fingerprint density at radius 3 is 2.96 bits per heavy atom. The van der Waals surface area contributed by atoms with E-state index in [9.17, 15) is 14.0 Å². The van der Waals surface area contributed by atoms with Gasteiger partial charge in [0.1, 0.15) is 17.7 Å². The average Bonchev–Trinajstić information content (AvgIpc) is 3.19. The molecule has 0 saturated carbocycles. The lowest BCUT2D eigenvalue weighted by Gasteiger charge is -2.14. The minimum atomic E-state index is -0.579. The molecule has 1 aromatic heterocycles. The lowest BCUT2D eigenvalue weighted by Crippen LogP contribution is -2.33. The molecule has 0 radical (unpaired) electrons. The highest BCUT2D eigenvalue weighted by Gasteiger charge is 2.32. The van der Waals surface area contributed by atoms with Gasteiger partial charge in [0.15, 0.2) is 0 Å². The standard InChI is InChI=1S/C17H15Br2FN4O3/c1-9(25)21-7-12-8-24(17(26)27-12)11-2-3-13(14(20)5-11)16-22-6-10(23-16)4-15(18)19/h2-6,12H,7-8H2,1H3,(H,21,25)(H,22,23)/t12-/m0/s1. The Bertz CT molecular complexity index is 911. The van der Waals surface area contributed by atoms with Gasteiger partial charge in [-0.1, -0.05) is 0 Å². The molecule has 0 unspecified atom stereocenters. The van der Waals surface area contributed by atoms with Crippen molar-refractivity contribution in [2.24, 2.45) is 0 Å². The molecular formula is C17H15Br2FN4O3. The maximum atomic E-state index is 14.6. The number of aromatic amines is 1. The van der Waals surface area contributed by atoms with Crippen molar-refractivity contribution in [3.8, 4) is 11.4 Å². The number of hydrogen-bond donors (Lipinski definition) is 2. The second kappa shape index (κ2) is 8.22. The molecule has 1 aliphatic heterocycles. The van der Waals surface area contributed by atoms with Gasteiger partial charge in [0.25, 0.3) is 0 Å². The Balaban J connectivity index is 1.77. The van der Waals surface area contributed by atoms with E-state index in [1.807, 2.05) is 0 Å². The van der Waals surface area contributed by atoms with Crippen LogP contribution in [0.1, 0.15) is 12.6 Å². The third-order valence-corrected chi connectivity index (χ3v) is 4.28. The number of benzene rings is 1. The summed E-state index contributed by atoms with van der Waals surface area (Å²) in [4.78, 5) is 31.6. The van der Waals surface area contributed by atoms with Gasteiger partial charge in [-0.05, 0) is 56.1 Å². The van der Waals surface area contributed by atoms with Crippen molar-refractivity contribution in [1.29, 1.82) is 0 Å². The van der Waals surface area contributed by atoms with E-state index in [1.54, 1.807) is 24.4 Å². The highest BCUT2D eigenvalue weighted by atomic mass is 79.9. The van der Waals surface area contributed by atoms with E-state index in [2.05, 4.69) is 47.1 Å². The largest absolute Gasteiger partial charge is 0.442 e. The number of cyclic esters (lactones) is 1. The molecule has 27 heavy (non-hydrogen) atoms. The highest BCUT2D eigenvalue weighted by molar-refractivity contribution is 9.28. The molecule has 0 bridgehead atoms. The SMILES string of the molecule is CC(=O)NC[C@H]1CN(c2ccc(-c3nc(C=C(Br)Br)c[nH]3)c(F)c2)C(=O)O1. The zero-order valence-electron chi connectivity index (χ0n) is 14.1. The van der Waals surface area contributed by atoms with Crippen LogP contribution in [0, 0.1) is 5.82 Å². The van der Waals surface area contributed by atoms with Gasteiger partial charge < -0.3 is 15.0 Å². The molecule has 1 fully saturated rings. The second-order valence-electron chi connectivity index (χ2n) is 5.83. The summed E-state index contributed by atoms with van der Waals surface area (Å²) in [5, 5.41) is 2.60. The van der Waals surface area contributed by atoms with Crippen LogP contribution in [0.25, 0.3) is 17.5 Å². The molecule has 1 atom stereocenters. The third-order valence-electron chi connectivity index (χ3n) is 3.83. The number of H-pyrrole nitrogens is 1. The number of rotatable bonds is 5. The summed E-state index contributed by atoms with van der Waals surface area (Å²) in [6.45, 7) is 1.83. The molecule has 1 aliphatic rings. The molecule has 0 spiro atoms. The summed E-state index contributed by atoms with van der Waals surface area (Å²) in [5.41, 5.74) is 1.29. The van der Waals surface area contributed by atoms with Crippen molar-refractivity contribution in [2.45, 2.75) is 13.0 Å². The first-order valence-corrected chi connectivity index (χ1v) is 9.52. The number of amides is 2. The van der Waals surface area contributed by atoms with Crippen LogP contribution in [-0.2, 0) is 9.53 Å². The molecule has 3 rings (SSSR count). The van der Waals surface area contributed by atoms with E-state index in [0.717, 1.165) is 0 Å². The Kier molecular flexibility index (Phi) is 5.95. The van der Waals surface area contributed by atoms with Crippen molar-refractivity contribution >= 4 is 55.6 Å². The minimum absolute atomic E-state index is 0.209. The van der Waals surface area contributed by atoms with Crippen LogP contribution in [0.15, 0.2) is 27.8 Å². The number of hydrogen-bond acceptors (Lipinski definition) is 4. The van der Waals surface area contributed by atoms with Crippen LogP contribution in [0.3, 0.4) is 0 Å². The van der Waals surface area contributed by atoms with Crippen LogP contribution < -0.4 is 10.2 Å². The summed E-state index contributed by atoms with van der Waals surface area (Å²) < 4.78 is 20.5. The van der Waals surface area contributed by atoms with Gasteiger partial charge in [0, 0.05) is 13.1 Å². The van der Waals surface area contributed by atoms with E-state index in [1.165, 1.54) is 17.9 Å². The number of imidazole rings is 1. The molecule has 10 heteroatoms. The van der Waals surface area contributed by atoms with Crippen LogP contribution >= 0.6 is 31.9 Å². The van der Waals surface area contributed by atoms with Crippen molar-refractivity contribution < 1.29 is 18.7 Å². The maximum absolute atomic E-state index is 14.6. The Morgan fingerprint density at radius 1 is 1.52 bits per heavy atom. The molecule has 1 aromatic carbocycles. The molecule has 0 aliphatic carbocycles. The predicted octanol–water partition coefficient (Wildman–Crippen LogP) is 3.77. The predicted molar refractivity (Wildman–Crippen MR) is 106 cm³/mol. The first-order chi connectivity index (χ1) is 12.8. The van der Waals surface area contributed by atoms with Gasteiger partial charge in [-0.2, -0.15) is 0 Å². The summed E-state index contributed by atoms with van der Waals surface area (Å²) >= 11 is 6.49. The normalized spacial score (nSPS) is 16.2. The lowest BCUT2D eigenvalue weighted by atomic mass is 10.1. The Labute approximate surface area is 171 Å². The van der Waals surface area contributed by atoms with Gasteiger partial charge in [-0.3, -0.25) is 9.69 Å². The number of nitrogens with zero attached hydrogens (tertiary/aromatic N) is 2. The van der Waals surface area contributed by atoms with Crippen molar-refractivity contribution in [3.63, 3.8) is 0 Å². The van der Waals surface area contributed by atoms with Gasteiger partial charge in [0.05, 0.1) is 33.4 Å². The van der Waals surface area contributed by atoms with E-state index < -0.39 is 18.0 Å². The number of halogens is 3. The summed E-state index contributed by atoms with van der Waals surface area (Å²) in [6, 6.07) is 4.43. The van der Waals surface area contributed by atoms with Gasteiger partial charge >= 0.3 is 6.09 Å². The topological polar surface area (TPSA) is 87.3 Å². The van der Waals surface area contributed by atoms with Gasteiger partial charge in [-0.25, -0.2) is 14.2 Å². The van der Waals surface area contributed by atoms with Gasteiger partial charge in [-0.15, -0.1) is 0 Å². The maximum Gasteiger partial charge on any atom is 0.414 e. The fourth-order valence-electron chi connectivity index (χ4n) is 2.62. The molecular weight excluding hydrogens is 487 g/mol. The first kappa shape index (κ1) is 19.6. The molecule has 2 N–H and O–H groups in total. The van der Waals surface area contributed by atoms with Crippen LogP contribution in [0.4, 0.5) is 14.9 Å². The number of aromatic nitrogens is 2. The minimum Gasteiger partial charge on any atom is -0.442 e. The number of carbonyl (C=O) groups is 2. The summed E-state index contributed by atoms with van der Waals surface area (Å²) in [7, 11) is 0. The monoisotopic (exact) mass is 500 g/mol.